The molecule has 0 saturated heterocycles. The van der Waals surface area contributed by atoms with Gasteiger partial charge in [-0.25, -0.2) is 0 Å². The molecular weight excluding hydrogens is 256 g/mol. The van der Waals surface area contributed by atoms with Gasteiger partial charge in [-0.05, 0) is 40.9 Å². The highest BCUT2D eigenvalue weighted by Crippen LogP contribution is 2.28. The van der Waals surface area contributed by atoms with Crippen LogP contribution in [0.25, 0.3) is 0 Å². The maximum Gasteiger partial charge on any atom is 0.153 e. The zero-order valence-corrected chi connectivity index (χ0v) is 10.00. The first-order valence-corrected chi connectivity index (χ1v) is 5.56. The van der Waals surface area contributed by atoms with Gasteiger partial charge in [-0.3, -0.25) is 4.79 Å². The summed E-state index contributed by atoms with van der Waals surface area (Å²) < 4.78 is 6.35. The molecule has 15 heavy (non-hydrogen) atoms. The standard InChI is InChI=1S/C12H13BrO2/c1-2-3-4-8-15-12-10(9-14)6-5-7-11(12)13/h2,5-7,9H,1,3-4,8H2. The van der Waals surface area contributed by atoms with Crippen LogP contribution in [0.15, 0.2) is 35.3 Å². The summed E-state index contributed by atoms with van der Waals surface area (Å²) in [6.45, 7) is 4.23. The lowest BCUT2D eigenvalue weighted by atomic mass is 10.2. The molecule has 0 spiro atoms. The minimum absolute atomic E-state index is 0.572. The smallest absolute Gasteiger partial charge is 0.153 e. The van der Waals surface area contributed by atoms with E-state index in [-0.39, 0.29) is 0 Å². The molecule has 0 aromatic heterocycles. The Hall–Kier alpha value is -1.09. The number of rotatable bonds is 6. The lowest BCUT2D eigenvalue weighted by Crippen LogP contribution is -2.00. The minimum Gasteiger partial charge on any atom is -0.492 e. The third-order valence-corrected chi connectivity index (χ3v) is 2.55. The van der Waals surface area contributed by atoms with Crippen LogP contribution in [-0.4, -0.2) is 12.9 Å². The molecule has 0 heterocycles. The number of carbonyl (C=O) groups is 1. The van der Waals surface area contributed by atoms with Crippen molar-refractivity contribution in [3.8, 4) is 5.75 Å². The van der Waals surface area contributed by atoms with Crippen molar-refractivity contribution in [1.82, 2.24) is 0 Å². The van der Waals surface area contributed by atoms with E-state index in [0.717, 1.165) is 23.6 Å². The van der Waals surface area contributed by atoms with Gasteiger partial charge in [-0.1, -0.05) is 12.1 Å². The van der Waals surface area contributed by atoms with Gasteiger partial charge in [-0.15, -0.1) is 6.58 Å². The zero-order valence-electron chi connectivity index (χ0n) is 8.41. The maximum atomic E-state index is 10.8. The molecular formula is C12H13BrO2. The topological polar surface area (TPSA) is 26.3 Å². The number of unbranched alkanes of at least 4 members (excludes halogenated alkanes) is 1. The average molecular weight is 269 g/mol. The number of hydrogen-bond acceptors (Lipinski definition) is 2. The Morgan fingerprint density at radius 1 is 1.47 bits per heavy atom. The summed E-state index contributed by atoms with van der Waals surface area (Å²) in [6.07, 6.45) is 4.47. The third kappa shape index (κ3) is 3.51. The number of hydrogen-bond donors (Lipinski definition) is 0. The Balaban J connectivity index is 2.65. The van der Waals surface area contributed by atoms with Crippen LogP contribution in [0.5, 0.6) is 5.75 Å². The molecule has 0 aliphatic carbocycles. The van der Waals surface area contributed by atoms with E-state index in [4.69, 9.17) is 4.74 Å². The first kappa shape index (κ1) is 12.0. The van der Waals surface area contributed by atoms with E-state index in [1.807, 2.05) is 18.2 Å². The van der Waals surface area contributed by atoms with Crippen LogP contribution in [0.1, 0.15) is 23.2 Å². The Labute approximate surface area is 98.1 Å². The molecule has 0 aliphatic heterocycles. The number of aldehydes is 1. The van der Waals surface area contributed by atoms with Gasteiger partial charge in [0.15, 0.2) is 6.29 Å². The highest BCUT2D eigenvalue weighted by molar-refractivity contribution is 9.10. The molecule has 1 aromatic rings. The first-order chi connectivity index (χ1) is 7.29. The summed E-state index contributed by atoms with van der Waals surface area (Å²) in [5.41, 5.74) is 0.572. The van der Waals surface area contributed by atoms with E-state index in [0.29, 0.717) is 17.9 Å². The third-order valence-electron chi connectivity index (χ3n) is 1.92. The lowest BCUT2D eigenvalue weighted by Gasteiger charge is -2.09. The quantitative estimate of drug-likeness (QED) is 0.448. The minimum atomic E-state index is 0.572. The van der Waals surface area contributed by atoms with E-state index in [1.54, 1.807) is 6.07 Å². The largest absolute Gasteiger partial charge is 0.492 e. The van der Waals surface area contributed by atoms with Crippen LogP contribution < -0.4 is 4.74 Å². The van der Waals surface area contributed by atoms with Crippen molar-refractivity contribution >= 4 is 22.2 Å². The van der Waals surface area contributed by atoms with Crippen molar-refractivity contribution in [2.24, 2.45) is 0 Å². The molecule has 0 amide bonds. The normalized spacial score (nSPS) is 9.67. The first-order valence-electron chi connectivity index (χ1n) is 4.77. The molecule has 1 rings (SSSR count). The second kappa shape index (κ2) is 6.40. The summed E-state index contributed by atoms with van der Waals surface area (Å²) in [5, 5.41) is 0. The van der Waals surface area contributed by atoms with Gasteiger partial charge in [0.1, 0.15) is 5.75 Å². The Bertz CT molecular complexity index is 347. The predicted octanol–water partition coefficient (Wildman–Crippen LogP) is 3.61. The summed E-state index contributed by atoms with van der Waals surface area (Å²) >= 11 is 3.35. The average Bonchev–Trinajstić information content (AvgIpc) is 2.26. The molecule has 0 saturated carbocycles. The molecule has 1 aromatic carbocycles. The molecule has 0 fully saturated rings. The van der Waals surface area contributed by atoms with E-state index < -0.39 is 0 Å². The summed E-state index contributed by atoms with van der Waals surface area (Å²) in [6, 6.07) is 5.40. The maximum absolute atomic E-state index is 10.8. The second-order valence-electron chi connectivity index (χ2n) is 3.06. The molecule has 0 unspecified atom stereocenters. The van der Waals surface area contributed by atoms with Crippen LogP contribution in [0, 0.1) is 0 Å². The number of ether oxygens (including phenoxy) is 1. The number of halogens is 1. The fraction of sp³-hybridized carbons (Fsp3) is 0.250. The number of para-hydroxylation sites is 1. The van der Waals surface area contributed by atoms with Gasteiger partial charge >= 0.3 is 0 Å². The van der Waals surface area contributed by atoms with Crippen LogP contribution in [0.2, 0.25) is 0 Å². The molecule has 0 N–H and O–H groups in total. The molecule has 0 atom stereocenters. The van der Waals surface area contributed by atoms with Crippen LogP contribution >= 0.6 is 15.9 Å². The zero-order chi connectivity index (χ0) is 11.1. The summed E-state index contributed by atoms with van der Waals surface area (Å²) in [4.78, 5) is 10.8. The van der Waals surface area contributed by atoms with Crippen molar-refractivity contribution in [2.45, 2.75) is 12.8 Å². The van der Waals surface area contributed by atoms with Crippen molar-refractivity contribution in [3.05, 3.63) is 40.9 Å². The van der Waals surface area contributed by atoms with Crippen LogP contribution in [-0.2, 0) is 0 Å². The van der Waals surface area contributed by atoms with E-state index in [1.165, 1.54) is 0 Å². The van der Waals surface area contributed by atoms with Crippen molar-refractivity contribution in [3.63, 3.8) is 0 Å². The molecule has 0 bridgehead atoms. The molecule has 80 valence electrons. The van der Waals surface area contributed by atoms with Gasteiger partial charge in [0.05, 0.1) is 16.6 Å². The molecule has 2 nitrogen and oxygen atoms in total. The van der Waals surface area contributed by atoms with E-state index in [2.05, 4.69) is 22.5 Å². The van der Waals surface area contributed by atoms with Crippen molar-refractivity contribution in [2.75, 3.05) is 6.61 Å². The Morgan fingerprint density at radius 2 is 2.27 bits per heavy atom. The van der Waals surface area contributed by atoms with Gasteiger partial charge in [0, 0.05) is 0 Å². The Morgan fingerprint density at radius 3 is 2.93 bits per heavy atom. The summed E-state index contributed by atoms with van der Waals surface area (Å²) in [5.74, 6) is 0.622. The van der Waals surface area contributed by atoms with Gasteiger partial charge in [-0.2, -0.15) is 0 Å². The van der Waals surface area contributed by atoms with Gasteiger partial charge in [0.25, 0.3) is 0 Å². The van der Waals surface area contributed by atoms with E-state index >= 15 is 0 Å². The Kier molecular flexibility index (Phi) is 5.12. The molecule has 0 radical (unpaired) electrons. The summed E-state index contributed by atoms with van der Waals surface area (Å²) in [7, 11) is 0. The van der Waals surface area contributed by atoms with Gasteiger partial charge in [0.2, 0.25) is 0 Å². The number of allylic oxidation sites excluding steroid dienone is 1. The molecule has 3 heteroatoms. The van der Waals surface area contributed by atoms with Gasteiger partial charge < -0.3 is 4.74 Å². The second-order valence-corrected chi connectivity index (χ2v) is 3.91. The number of benzene rings is 1. The highest BCUT2D eigenvalue weighted by Gasteiger charge is 2.06. The van der Waals surface area contributed by atoms with Crippen LogP contribution in [0.4, 0.5) is 0 Å². The molecule has 0 aliphatic rings. The van der Waals surface area contributed by atoms with Crippen molar-refractivity contribution < 1.29 is 9.53 Å². The number of carbonyl (C=O) groups excluding carboxylic acids is 1. The monoisotopic (exact) mass is 268 g/mol. The van der Waals surface area contributed by atoms with Crippen molar-refractivity contribution in [1.29, 1.82) is 0 Å². The van der Waals surface area contributed by atoms with Crippen LogP contribution in [0.3, 0.4) is 0 Å². The highest BCUT2D eigenvalue weighted by atomic mass is 79.9. The SMILES string of the molecule is C=CCCCOc1c(Br)cccc1C=O. The fourth-order valence-electron chi connectivity index (χ4n) is 1.17. The lowest BCUT2D eigenvalue weighted by molar-refractivity contribution is 0.111. The van der Waals surface area contributed by atoms with E-state index in [9.17, 15) is 4.79 Å². The predicted molar refractivity (Wildman–Crippen MR) is 64.5 cm³/mol. The fourth-order valence-corrected chi connectivity index (χ4v) is 1.67.